The van der Waals surface area contributed by atoms with Crippen LogP contribution in [0.1, 0.15) is 39.4 Å². The molecule has 31 heavy (non-hydrogen) atoms. The summed E-state index contributed by atoms with van der Waals surface area (Å²) in [6.45, 7) is 1.50. The molecule has 1 aliphatic heterocycles. The maximum Gasteiger partial charge on any atom is 0.119 e. The lowest BCUT2D eigenvalue weighted by Crippen LogP contribution is -2.55. The third-order valence-electron chi connectivity index (χ3n) is 5.36. The summed E-state index contributed by atoms with van der Waals surface area (Å²) in [5, 5.41) is 40.9. The van der Waals surface area contributed by atoms with Crippen LogP contribution in [0, 0.1) is 0 Å². The summed E-state index contributed by atoms with van der Waals surface area (Å²) < 4.78 is 38.1. The molecule has 4 N–H and O–H groups in total. The molecule has 8 heteroatoms. The van der Waals surface area contributed by atoms with Crippen molar-refractivity contribution >= 4 is 11.6 Å². The Hall–Kier alpha value is -1.71. The standard InChI is InChI=1S/C23H29ClO7/c1-3-30-16-6-4-13(5-7-16)8-14-9-17(15(12-29-2)10-18(14)24)23-22(28)21(27)20(26)19(11-25)31-23/h4-7,9-10,19-23,25-28H,3,8,11-12H2,1-2H3/t19-,20-,21+,22-,23+/m1/s1/i2D3. The Balaban J connectivity index is 1.98. The molecule has 1 heterocycles. The van der Waals surface area contributed by atoms with Gasteiger partial charge in [-0.1, -0.05) is 29.8 Å². The van der Waals surface area contributed by atoms with Gasteiger partial charge in [-0.05, 0) is 53.8 Å². The van der Waals surface area contributed by atoms with Gasteiger partial charge in [0.1, 0.15) is 36.3 Å². The monoisotopic (exact) mass is 455 g/mol. The molecule has 1 fully saturated rings. The highest BCUT2D eigenvalue weighted by atomic mass is 35.5. The molecule has 0 aromatic heterocycles. The minimum Gasteiger partial charge on any atom is -0.494 e. The van der Waals surface area contributed by atoms with Crippen molar-refractivity contribution in [3.8, 4) is 5.75 Å². The smallest absolute Gasteiger partial charge is 0.119 e. The summed E-state index contributed by atoms with van der Waals surface area (Å²) in [6.07, 6.45) is -6.52. The van der Waals surface area contributed by atoms with E-state index in [9.17, 15) is 20.4 Å². The highest BCUT2D eigenvalue weighted by Gasteiger charge is 2.44. The second-order valence-electron chi connectivity index (χ2n) is 7.43. The summed E-state index contributed by atoms with van der Waals surface area (Å²) in [5.41, 5.74) is 2.26. The molecular weight excluding hydrogens is 424 g/mol. The average molecular weight is 456 g/mol. The minimum absolute atomic E-state index is 0.334. The molecule has 0 radical (unpaired) electrons. The van der Waals surface area contributed by atoms with E-state index in [0.717, 1.165) is 11.3 Å². The lowest BCUT2D eigenvalue weighted by Gasteiger charge is -2.41. The average Bonchev–Trinajstić information content (AvgIpc) is 2.79. The fourth-order valence-corrected chi connectivity index (χ4v) is 3.98. The van der Waals surface area contributed by atoms with Gasteiger partial charge in [-0.15, -0.1) is 0 Å². The van der Waals surface area contributed by atoms with E-state index >= 15 is 0 Å². The first-order chi connectivity index (χ1) is 16.0. The number of halogens is 1. The third-order valence-corrected chi connectivity index (χ3v) is 5.72. The molecular formula is C23H29ClO7. The minimum atomic E-state index is -2.67. The van der Waals surface area contributed by atoms with Crippen molar-refractivity contribution in [2.45, 2.75) is 50.5 Å². The molecule has 0 saturated carbocycles. The third kappa shape index (κ3) is 5.38. The van der Waals surface area contributed by atoms with Gasteiger partial charge in [-0.3, -0.25) is 0 Å². The molecule has 170 valence electrons. The van der Waals surface area contributed by atoms with Crippen LogP contribution >= 0.6 is 11.6 Å². The normalized spacial score (nSPS) is 27.9. The summed E-state index contributed by atoms with van der Waals surface area (Å²) in [4.78, 5) is 0. The van der Waals surface area contributed by atoms with Gasteiger partial charge in [0.05, 0.1) is 23.9 Å². The van der Waals surface area contributed by atoms with Crippen LogP contribution in [0.2, 0.25) is 5.02 Å². The van der Waals surface area contributed by atoms with Gasteiger partial charge in [0.2, 0.25) is 0 Å². The topological polar surface area (TPSA) is 109 Å². The Morgan fingerprint density at radius 1 is 1.06 bits per heavy atom. The fraction of sp³-hybridized carbons (Fsp3) is 0.478. The van der Waals surface area contributed by atoms with E-state index in [2.05, 4.69) is 0 Å². The van der Waals surface area contributed by atoms with Crippen LogP contribution in [0.25, 0.3) is 0 Å². The molecule has 1 aliphatic rings. The quantitative estimate of drug-likeness (QED) is 0.482. The maximum absolute atomic E-state index is 10.6. The summed E-state index contributed by atoms with van der Waals surface area (Å²) >= 11 is 6.51. The number of rotatable bonds is 8. The van der Waals surface area contributed by atoms with Crippen molar-refractivity contribution in [3.05, 3.63) is 63.7 Å². The Kier molecular flexibility index (Phi) is 6.91. The van der Waals surface area contributed by atoms with E-state index in [1.54, 1.807) is 6.07 Å². The highest BCUT2D eigenvalue weighted by molar-refractivity contribution is 6.31. The molecule has 7 nitrogen and oxygen atoms in total. The van der Waals surface area contributed by atoms with Crippen molar-refractivity contribution in [2.24, 2.45) is 0 Å². The first-order valence-electron chi connectivity index (χ1n) is 11.5. The molecule has 0 amide bonds. The second-order valence-corrected chi connectivity index (χ2v) is 7.84. The molecule has 0 unspecified atom stereocenters. The van der Waals surface area contributed by atoms with Gasteiger partial charge in [0.25, 0.3) is 0 Å². The molecule has 2 aromatic carbocycles. The zero-order valence-corrected chi connectivity index (χ0v) is 17.8. The van der Waals surface area contributed by atoms with Crippen LogP contribution in [0.3, 0.4) is 0 Å². The maximum atomic E-state index is 10.6. The number of methoxy groups -OCH3 is 1. The van der Waals surface area contributed by atoms with Gasteiger partial charge in [0, 0.05) is 12.1 Å². The molecule has 0 aliphatic carbocycles. The number of hydrogen-bond acceptors (Lipinski definition) is 7. The van der Waals surface area contributed by atoms with E-state index in [0.29, 0.717) is 34.7 Å². The lowest BCUT2D eigenvalue weighted by molar-refractivity contribution is -0.232. The molecule has 2 aromatic rings. The first-order valence-corrected chi connectivity index (χ1v) is 10.4. The van der Waals surface area contributed by atoms with E-state index in [1.807, 2.05) is 31.2 Å². The van der Waals surface area contributed by atoms with Gasteiger partial charge in [0.15, 0.2) is 0 Å². The van der Waals surface area contributed by atoms with Crippen molar-refractivity contribution < 1.29 is 38.7 Å². The number of aliphatic hydroxyl groups is 4. The Morgan fingerprint density at radius 3 is 2.45 bits per heavy atom. The fourth-order valence-electron chi connectivity index (χ4n) is 3.73. The Labute approximate surface area is 191 Å². The van der Waals surface area contributed by atoms with E-state index in [1.165, 1.54) is 6.07 Å². The zero-order valence-electron chi connectivity index (χ0n) is 20.1. The first kappa shape index (κ1) is 19.9. The van der Waals surface area contributed by atoms with Gasteiger partial charge in [-0.25, -0.2) is 0 Å². The van der Waals surface area contributed by atoms with Crippen LogP contribution in [-0.4, -0.2) is 65.1 Å². The number of hydrogen-bond donors (Lipinski definition) is 4. The van der Waals surface area contributed by atoms with Crippen molar-refractivity contribution in [1.29, 1.82) is 0 Å². The summed E-state index contributed by atoms with van der Waals surface area (Å²) in [5.74, 6) is 0.733. The van der Waals surface area contributed by atoms with Crippen molar-refractivity contribution in [1.82, 2.24) is 0 Å². The van der Waals surface area contributed by atoms with Gasteiger partial charge < -0.3 is 34.6 Å². The predicted octanol–water partition coefficient (Wildman–Crippen LogP) is 1.99. The number of aliphatic hydroxyl groups excluding tert-OH is 4. The molecule has 5 atom stereocenters. The number of ether oxygens (including phenoxy) is 3. The van der Waals surface area contributed by atoms with E-state index < -0.39 is 44.2 Å². The molecule has 0 bridgehead atoms. The zero-order chi connectivity index (χ0) is 25.0. The van der Waals surface area contributed by atoms with Crippen molar-refractivity contribution in [3.63, 3.8) is 0 Å². The summed E-state index contributed by atoms with van der Waals surface area (Å²) in [7, 11) is -2.67. The van der Waals surface area contributed by atoms with E-state index in [4.69, 9.17) is 29.9 Å². The largest absolute Gasteiger partial charge is 0.494 e. The van der Waals surface area contributed by atoms with Gasteiger partial charge in [-0.2, -0.15) is 0 Å². The Bertz CT molecular complexity index is 953. The van der Waals surface area contributed by atoms with Crippen molar-refractivity contribution in [2.75, 3.05) is 20.3 Å². The van der Waals surface area contributed by atoms with Crippen LogP contribution in [0.4, 0.5) is 0 Å². The molecule has 1 saturated heterocycles. The SMILES string of the molecule is [2H]C([2H])([2H])OCc1cc(Cl)c(Cc2ccc(OCC)cc2)cc1[C@@H]1O[C@H](CO)[C@@H](O)[C@H](O)[C@H]1O. The highest BCUT2D eigenvalue weighted by Crippen LogP contribution is 2.37. The van der Waals surface area contributed by atoms with Crippen LogP contribution in [0.15, 0.2) is 36.4 Å². The second kappa shape index (κ2) is 10.7. The van der Waals surface area contributed by atoms with Crippen LogP contribution in [0.5, 0.6) is 5.75 Å². The number of benzene rings is 2. The Morgan fingerprint density at radius 2 is 1.81 bits per heavy atom. The summed E-state index contributed by atoms with van der Waals surface area (Å²) in [6, 6.07) is 10.6. The predicted molar refractivity (Wildman–Crippen MR) is 115 cm³/mol. The molecule has 0 spiro atoms. The van der Waals surface area contributed by atoms with Crippen LogP contribution < -0.4 is 4.74 Å². The van der Waals surface area contributed by atoms with Crippen LogP contribution in [-0.2, 0) is 22.5 Å². The molecule has 3 rings (SSSR count). The lowest BCUT2D eigenvalue weighted by atomic mass is 9.87. The van der Waals surface area contributed by atoms with E-state index in [-0.39, 0.29) is 6.61 Å². The van der Waals surface area contributed by atoms with Gasteiger partial charge >= 0.3 is 0 Å².